The Morgan fingerprint density at radius 3 is 2.12 bits per heavy atom. The van der Waals surface area contributed by atoms with Gasteiger partial charge in [0.2, 0.25) is 0 Å². The summed E-state index contributed by atoms with van der Waals surface area (Å²) >= 11 is 1.95. The van der Waals surface area contributed by atoms with E-state index in [0.29, 0.717) is 11.3 Å². The largest absolute Gasteiger partial charge is 0.468 e. The lowest BCUT2D eigenvalue weighted by molar-refractivity contribution is -0.147. The molecule has 3 atom stereocenters. The number of ether oxygens (including phenoxy) is 1. The first-order valence-corrected chi connectivity index (χ1v) is 9.45. The van der Waals surface area contributed by atoms with Crippen LogP contribution in [-0.2, 0) is 14.3 Å². The predicted octanol–water partition coefficient (Wildman–Crippen LogP) is 1.56. The summed E-state index contributed by atoms with van der Waals surface area (Å²) in [6, 6.07) is -0.125. The average molecular weight is 360 g/mol. The molecule has 0 aromatic rings. The molecule has 0 aliphatic carbocycles. The number of carbonyl (C=O) groups is 2. The fourth-order valence-electron chi connectivity index (χ4n) is 2.80. The molecule has 7 heteroatoms. The first kappa shape index (κ1) is 21.4. The van der Waals surface area contributed by atoms with Crippen LogP contribution < -0.4 is 0 Å². The molecule has 2 saturated heterocycles. The van der Waals surface area contributed by atoms with Crippen molar-refractivity contribution in [2.24, 2.45) is 11.8 Å². The Labute approximate surface area is 151 Å². The van der Waals surface area contributed by atoms with Gasteiger partial charge in [-0.25, -0.2) is 4.31 Å². The molecular weight excluding hydrogens is 326 g/mol. The summed E-state index contributed by atoms with van der Waals surface area (Å²) in [6.45, 7) is 7.39. The highest BCUT2D eigenvalue weighted by Gasteiger charge is 2.33. The standard InChI is InChI=1S/C9H16N2OS.C8H17NO2/c1-10-6-9(10)13-11-4-2-8(7-12)3-5-11;1-6(2)7(9(3)4)8(10)11-5/h7-9H,2-6H2,1H3;6-7H,1-5H3. The Kier molecular flexibility index (Phi) is 9.26. The summed E-state index contributed by atoms with van der Waals surface area (Å²) in [6.07, 6.45) is 3.21. The second-order valence-corrected chi connectivity index (χ2v) is 8.35. The van der Waals surface area contributed by atoms with Gasteiger partial charge in [-0.1, -0.05) is 25.8 Å². The van der Waals surface area contributed by atoms with Crippen LogP contribution in [0.5, 0.6) is 0 Å². The van der Waals surface area contributed by atoms with Crippen LogP contribution in [0.4, 0.5) is 0 Å². The lowest BCUT2D eigenvalue weighted by Crippen LogP contribution is -2.40. The van der Waals surface area contributed by atoms with Crippen LogP contribution in [0, 0.1) is 11.8 Å². The van der Waals surface area contributed by atoms with Gasteiger partial charge in [0, 0.05) is 25.6 Å². The minimum Gasteiger partial charge on any atom is -0.468 e. The molecule has 2 rings (SSSR count). The number of nitrogens with zero attached hydrogens (tertiary/aromatic N) is 3. The van der Waals surface area contributed by atoms with Gasteiger partial charge in [0.1, 0.15) is 12.3 Å². The Hall–Kier alpha value is -0.630. The fraction of sp³-hybridized carbons (Fsp3) is 0.882. The third-order valence-electron chi connectivity index (χ3n) is 4.39. The number of rotatable bonds is 6. The van der Waals surface area contributed by atoms with Crippen molar-refractivity contribution in [3.63, 3.8) is 0 Å². The van der Waals surface area contributed by atoms with E-state index in [1.165, 1.54) is 13.7 Å². The van der Waals surface area contributed by atoms with Crippen LogP contribution in [0.3, 0.4) is 0 Å². The zero-order chi connectivity index (χ0) is 18.3. The molecule has 24 heavy (non-hydrogen) atoms. The van der Waals surface area contributed by atoms with Crippen LogP contribution in [0.25, 0.3) is 0 Å². The molecule has 3 unspecified atom stereocenters. The van der Waals surface area contributed by atoms with Crippen molar-refractivity contribution in [1.82, 2.24) is 14.1 Å². The van der Waals surface area contributed by atoms with Crippen molar-refractivity contribution in [3.05, 3.63) is 0 Å². The van der Waals surface area contributed by atoms with E-state index in [1.54, 1.807) is 0 Å². The number of hydrogen-bond acceptors (Lipinski definition) is 7. The Bertz CT molecular complexity index is 391. The monoisotopic (exact) mass is 359 g/mol. The Morgan fingerprint density at radius 2 is 1.83 bits per heavy atom. The first-order valence-electron chi connectivity index (χ1n) is 8.61. The molecular formula is C17H33N3O3S. The minimum absolute atomic E-state index is 0.125. The zero-order valence-electron chi connectivity index (χ0n) is 15.9. The van der Waals surface area contributed by atoms with Crippen molar-refractivity contribution in [2.45, 2.75) is 38.1 Å². The second kappa shape index (κ2) is 10.4. The number of aldehydes is 1. The topological polar surface area (TPSA) is 52.9 Å². The molecule has 0 amide bonds. The quantitative estimate of drug-likeness (QED) is 0.309. The van der Waals surface area contributed by atoms with Gasteiger partial charge in [-0.2, -0.15) is 0 Å². The molecule has 0 saturated carbocycles. The summed E-state index contributed by atoms with van der Waals surface area (Å²) in [4.78, 5) is 25.9. The van der Waals surface area contributed by atoms with Gasteiger partial charge < -0.3 is 9.53 Å². The van der Waals surface area contributed by atoms with Crippen LogP contribution in [-0.4, -0.2) is 85.7 Å². The van der Waals surface area contributed by atoms with Gasteiger partial charge in [0.15, 0.2) is 0 Å². The number of carbonyl (C=O) groups excluding carboxylic acids is 2. The molecule has 2 aliphatic rings. The normalized spacial score (nSPS) is 25.8. The lowest BCUT2D eigenvalue weighted by Gasteiger charge is -2.28. The van der Waals surface area contributed by atoms with Gasteiger partial charge in [0.05, 0.1) is 12.5 Å². The molecule has 0 spiro atoms. The first-order chi connectivity index (χ1) is 11.3. The molecule has 0 aromatic carbocycles. The molecule has 0 aromatic heterocycles. The number of methoxy groups -OCH3 is 1. The SMILES string of the molecule is CN1CC1SN1CCC(C=O)CC1.COC(=O)C(C(C)C)N(C)C. The summed E-state index contributed by atoms with van der Waals surface area (Å²) in [5, 5.41) is 0.716. The lowest BCUT2D eigenvalue weighted by atomic mass is 10.0. The number of likely N-dealkylation sites (N-methyl/N-ethyl adjacent to an activating group) is 2. The van der Waals surface area contributed by atoms with E-state index < -0.39 is 0 Å². The van der Waals surface area contributed by atoms with Gasteiger partial charge in [-0.3, -0.25) is 14.6 Å². The third-order valence-corrected chi connectivity index (χ3v) is 5.81. The van der Waals surface area contributed by atoms with Crippen molar-refractivity contribution in [2.75, 3.05) is 47.9 Å². The van der Waals surface area contributed by atoms with Gasteiger partial charge >= 0.3 is 5.97 Å². The van der Waals surface area contributed by atoms with E-state index in [4.69, 9.17) is 0 Å². The third kappa shape index (κ3) is 7.09. The highest BCUT2D eigenvalue weighted by Crippen LogP contribution is 2.32. The smallest absolute Gasteiger partial charge is 0.323 e. The summed E-state index contributed by atoms with van der Waals surface area (Å²) in [7, 11) is 7.32. The zero-order valence-corrected chi connectivity index (χ0v) is 16.7. The van der Waals surface area contributed by atoms with Crippen LogP contribution in [0.1, 0.15) is 26.7 Å². The van der Waals surface area contributed by atoms with Gasteiger partial charge in [-0.05, 0) is 39.9 Å². The van der Waals surface area contributed by atoms with E-state index in [1.807, 2.05) is 44.8 Å². The summed E-state index contributed by atoms with van der Waals surface area (Å²) < 4.78 is 7.07. The van der Waals surface area contributed by atoms with Crippen LogP contribution in [0.15, 0.2) is 0 Å². The molecule has 0 bridgehead atoms. The predicted molar refractivity (Wildman–Crippen MR) is 98.7 cm³/mol. The van der Waals surface area contributed by atoms with E-state index in [0.717, 1.165) is 32.2 Å². The fourth-order valence-corrected chi connectivity index (χ4v) is 4.03. The molecule has 2 aliphatic heterocycles. The molecule has 0 radical (unpaired) electrons. The van der Waals surface area contributed by atoms with Crippen molar-refractivity contribution >= 4 is 24.2 Å². The summed E-state index contributed by atoms with van der Waals surface area (Å²) in [5.74, 6) is 0.455. The summed E-state index contributed by atoms with van der Waals surface area (Å²) in [5.41, 5.74) is 0. The maximum atomic E-state index is 11.1. The number of piperidine rings is 1. The average Bonchev–Trinajstić information content (AvgIpc) is 3.22. The van der Waals surface area contributed by atoms with Crippen molar-refractivity contribution < 1.29 is 14.3 Å². The maximum absolute atomic E-state index is 11.1. The van der Waals surface area contributed by atoms with E-state index >= 15 is 0 Å². The Balaban J connectivity index is 0.000000245. The molecule has 2 fully saturated rings. The van der Waals surface area contributed by atoms with E-state index in [-0.39, 0.29) is 17.9 Å². The van der Waals surface area contributed by atoms with Gasteiger partial charge in [0.25, 0.3) is 0 Å². The molecule has 0 N–H and O–H groups in total. The molecule has 140 valence electrons. The number of esters is 1. The highest BCUT2D eigenvalue weighted by molar-refractivity contribution is 7.97. The Morgan fingerprint density at radius 1 is 1.29 bits per heavy atom. The molecule has 6 nitrogen and oxygen atoms in total. The molecule has 2 heterocycles. The minimum atomic E-state index is -0.162. The van der Waals surface area contributed by atoms with Crippen LogP contribution in [0.2, 0.25) is 0 Å². The second-order valence-electron chi connectivity index (χ2n) is 7.08. The van der Waals surface area contributed by atoms with Gasteiger partial charge in [-0.15, -0.1) is 0 Å². The van der Waals surface area contributed by atoms with E-state index in [9.17, 15) is 9.59 Å². The van der Waals surface area contributed by atoms with E-state index in [2.05, 4.69) is 21.0 Å². The van der Waals surface area contributed by atoms with Crippen molar-refractivity contribution in [3.8, 4) is 0 Å². The van der Waals surface area contributed by atoms with Crippen LogP contribution >= 0.6 is 11.9 Å². The highest BCUT2D eigenvalue weighted by atomic mass is 32.2. The van der Waals surface area contributed by atoms with Crippen molar-refractivity contribution in [1.29, 1.82) is 0 Å². The number of hydrogen-bond donors (Lipinski definition) is 0. The maximum Gasteiger partial charge on any atom is 0.323 e.